The number of hydrogen-bond donors (Lipinski definition) is 0. The number of carbonyl (C=O) groups excluding carboxylic acids is 1. The molecule has 0 N–H and O–H groups in total. The first-order valence-corrected chi connectivity index (χ1v) is 8.31. The molecule has 1 atom stereocenters. The van der Waals surface area contributed by atoms with E-state index in [0.29, 0.717) is 12.5 Å². The van der Waals surface area contributed by atoms with Crippen LogP contribution in [0.2, 0.25) is 0 Å². The number of nitrogens with zero attached hydrogens (tertiary/aromatic N) is 3. The highest BCUT2D eigenvalue weighted by Crippen LogP contribution is 2.20. The van der Waals surface area contributed by atoms with Gasteiger partial charge in [-0.1, -0.05) is 44.2 Å². The van der Waals surface area contributed by atoms with Crippen LogP contribution in [0, 0.1) is 11.8 Å². The molecule has 0 aliphatic heterocycles. The minimum Gasteiger partial charge on any atom is -0.341 e. The molecule has 1 heterocycles. The van der Waals surface area contributed by atoms with Crippen LogP contribution in [-0.4, -0.2) is 27.6 Å². The summed E-state index contributed by atoms with van der Waals surface area (Å²) in [6.45, 7) is 7.75. The molecule has 124 valence electrons. The van der Waals surface area contributed by atoms with Crippen LogP contribution in [0.1, 0.15) is 31.9 Å². The highest BCUT2D eigenvalue weighted by Gasteiger charge is 2.25. The van der Waals surface area contributed by atoms with E-state index < -0.39 is 0 Å². The molecule has 0 aliphatic rings. The summed E-state index contributed by atoms with van der Waals surface area (Å²) in [5.74, 6) is 0.514. The number of aromatic nitrogens is 2. The molecule has 23 heavy (non-hydrogen) atoms. The molecule has 4 heteroatoms. The summed E-state index contributed by atoms with van der Waals surface area (Å²) < 4.78 is 1.89. The van der Waals surface area contributed by atoms with Crippen molar-refractivity contribution in [3.05, 3.63) is 53.9 Å². The third kappa shape index (κ3) is 4.68. The van der Waals surface area contributed by atoms with Crippen molar-refractivity contribution in [3.8, 4) is 0 Å². The summed E-state index contributed by atoms with van der Waals surface area (Å²) in [5.41, 5.74) is 2.29. The Hall–Kier alpha value is -2.10. The molecule has 0 spiro atoms. The van der Waals surface area contributed by atoms with Crippen molar-refractivity contribution in [2.45, 2.75) is 40.3 Å². The molecular formula is C19H27N3O. The second kappa shape index (κ2) is 7.95. The summed E-state index contributed by atoms with van der Waals surface area (Å²) in [7, 11) is 1.88. The van der Waals surface area contributed by atoms with Gasteiger partial charge >= 0.3 is 0 Å². The van der Waals surface area contributed by atoms with Gasteiger partial charge in [-0.3, -0.25) is 9.48 Å². The zero-order chi connectivity index (χ0) is 16.8. The van der Waals surface area contributed by atoms with Crippen LogP contribution < -0.4 is 0 Å². The van der Waals surface area contributed by atoms with E-state index in [-0.39, 0.29) is 11.8 Å². The monoisotopic (exact) mass is 313 g/mol. The van der Waals surface area contributed by atoms with Crippen molar-refractivity contribution in [2.24, 2.45) is 11.8 Å². The molecule has 0 bridgehead atoms. The van der Waals surface area contributed by atoms with Crippen molar-refractivity contribution in [3.63, 3.8) is 0 Å². The fraction of sp³-hybridized carbons (Fsp3) is 0.474. The molecule has 0 aliphatic carbocycles. The molecule has 4 nitrogen and oxygen atoms in total. The lowest BCUT2D eigenvalue weighted by atomic mass is 9.88. The maximum absolute atomic E-state index is 12.9. The number of aryl methyl sites for hydroxylation is 1. The minimum absolute atomic E-state index is 0.00335. The highest BCUT2D eigenvalue weighted by molar-refractivity contribution is 5.79. The fourth-order valence-corrected chi connectivity index (χ4v) is 2.77. The standard InChI is InChI=1S/C19H27N3O/c1-5-22-14-17(12-20-22)13-21(4)19(23)18(15(2)3)11-16-9-7-6-8-10-16/h6-10,12,14-15,18H,5,11,13H2,1-4H3/t18-/m1/s1. The van der Waals surface area contributed by atoms with Gasteiger partial charge in [0.15, 0.2) is 0 Å². The Bertz CT molecular complexity index is 619. The molecule has 0 fully saturated rings. The smallest absolute Gasteiger partial charge is 0.226 e. The van der Waals surface area contributed by atoms with E-state index in [1.165, 1.54) is 5.56 Å². The Labute approximate surface area is 139 Å². The van der Waals surface area contributed by atoms with E-state index >= 15 is 0 Å². The lowest BCUT2D eigenvalue weighted by Crippen LogP contribution is -2.36. The van der Waals surface area contributed by atoms with E-state index in [2.05, 4.69) is 38.0 Å². The molecule has 2 aromatic rings. The van der Waals surface area contributed by atoms with E-state index in [0.717, 1.165) is 18.5 Å². The molecule has 2 rings (SSSR count). The predicted molar refractivity (Wildman–Crippen MR) is 92.8 cm³/mol. The Kier molecular flexibility index (Phi) is 5.97. The van der Waals surface area contributed by atoms with Gasteiger partial charge in [-0.15, -0.1) is 0 Å². The largest absolute Gasteiger partial charge is 0.341 e. The summed E-state index contributed by atoms with van der Waals surface area (Å²) in [5, 5.41) is 4.27. The third-order valence-electron chi connectivity index (χ3n) is 4.23. The van der Waals surface area contributed by atoms with Gasteiger partial charge in [0.05, 0.1) is 6.20 Å². The Morgan fingerprint density at radius 3 is 2.48 bits per heavy atom. The van der Waals surface area contributed by atoms with Crippen molar-refractivity contribution >= 4 is 5.91 Å². The maximum Gasteiger partial charge on any atom is 0.226 e. The summed E-state index contributed by atoms with van der Waals surface area (Å²) in [6, 6.07) is 10.2. The molecule has 1 amide bonds. The van der Waals surface area contributed by atoms with Crippen LogP contribution in [0.25, 0.3) is 0 Å². The topological polar surface area (TPSA) is 38.1 Å². The van der Waals surface area contributed by atoms with Gasteiger partial charge in [-0.05, 0) is 24.8 Å². The number of hydrogen-bond acceptors (Lipinski definition) is 2. The van der Waals surface area contributed by atoms with Gasteiger partial charge in [0.2, 0.25) is 5.91 Å². The Morgan fingerprint density at radius 2 is 1.91 bits per heavy atom. The lowest BCUT2D eigenvalue weighted by Gasteiger charge is -2.26. The quantitative estimate of drug-likeness (QED) is 0.786. The molecule has 1 aromatic carbocycles. The van der Waals surface area contributed by atoms with E-state index in [4.69, 9.17) is 0 Å². The third-order valence-corrected chi connectivity index (χ3v) is 4.23. The van der Waals surface area contributed by atoms with Crippen LogP contribution in [0.4, 0.5) is 0 Å². The van der Waals surface area contributed by atoms with E-state index in [1.54, 1.807) is 0 Å². The zero-order valence-corrected chi connectivity index (χ0v) is 14.6. The summed E-state index contributed by atoms with van der Waals surface area (Å²) >= 11 is 0. The zero-order valence-electron chi connectivity index (χ0n) is 14.6. The SMILES string of the molecule is CCn1cc(CN(C)C(=O)[C@H](Cc2ccccc2)C(C)C)cn1. The van der Waals surface area contributed by atoms with Crippen molar-refractivity contribution in [2.75, 3.05) is 7.05 Å². The maximum atomic E-state index is 12.9. The van der Waals surface area contributed by atoms with Crippen LogP contribution in [0.3, 0.4) is 0 Å². The van der Waals surface area contributed by atoms with Crippen molar-refractivity contribution in [1.29, 1.82) is 0 Å². The Morgan fingerprint density at radius 1 is 1.22 bits per heavy atom. The first-order valence-electron chi connectivity index (χ1n) is 8.31. The van der Waals surface area contributed by atoms with Crippen LogP contribution in [0.15, 0.2) is 42.7 Å². The molecule has 1 aromatic heterocycles. The first-order chi connectivity index (χ1) is 11.0. The highest BCUT2D eigenvalue weighted by atomic mass is 16.2. The van der Waals surface area contributed by atoms with Crippen molar-refractivity contribution in [1.82, 2.24) is 14.7 Å². The summed E-state index contributed by atoms with van der Waals surface area (Å²) in [4.78, 5) is 14.7. The number of carbonyl (C=O) groups is 1. The normalized spacial score (nSPS) is 12.4. The number of amides is 1. The van der Waals surface area contributed by atoms with Crippen molar-refractivity contribution < 1.29 is 4.79 Å². The average Bonchev–Trinajstić information content (AvgIpc) is 3.00. The molecule has 0 radical (unpaired) electrons. The average molecular weight is 313 g/mol. The number of rotatable bonds is 7. The second-order valence-corrected chi connectivity index (χ2v) is 6.44. The van der Waals surface area contributed by atoms with Crippen LogP contribution in [0.5, 0.6) is 0 Å². The van der Waals surface area contributed by atoms with E-state index in [9.17, 15) is 4.79 Å². The lowest BCUT2D eigenvalue weighted by molar-refractivity contribution is -0.136. The second-order valence-electron chi connectivity index (χ2n) is 6.44. The minimum atomic E-state index is 0.00335. The van der Waals surface area contributed by atoms with Gasteiger partial charge in [-0.2, -0.15) is 5.10 Å². The van der Waals surface area contributed by atoms with Gasteiger partial charge in [0.25, 0.3) is 0 Å². The molecule has 0 saturated heterocycles. The van der Waals surface area contributed by atoms with Gasteiger partial charge in [0, 0.05) is 37.8 Å². The molecular weight excluding hydrogens is 286 g/mol. The van der Waals surface area contributed by atoms with Gasteiger partial charge in [0.1, 0.15) is 0 Å². The van der Waals surface area contributed by atoms with Crippen LogP contribution >= 0.6 is 0 Å². The molecule has 0 saturated carbocycles. The fourth-order valence-electron chi connectivity index (χ4n) is 2.77. The Balaban J connectivity index is 2.04. The van der Waals surface area contributed by atoms with E-state index in [1.807, 2.05) is 47.2 Å². The summed E-state index contributed by atoms with van der Waals surface area (Å²) in [6.07, 6.45) is 4.64. The number of benzene rings is 1. The van der Waals surface area contributed by atoms with Crippen LogP contribution in [-0.2, 0) is 24.3 Å². The first kappa shape index (κ1) is 17.3. The predicted octanol–water partition coefficient (Wildman–Crippen LogP) is 3.38. The van der Waals surface area contributed by atoms with Gasteiger partial charge < -0.3 is 4.90 Å². The van der Waals surface area contributed by atoms with Gasteiger partial charge in [-0.25, -0.2) is 0 Å². The molecule has 0 unspecified atom stereocenters.